The molecule has 0 saturated heterocycles. The van der Waals surface area contributed by atoms with Crippen molar-refractivity contribution in [1.82, 2.24) is 0 Å². The second kappa shape index (κ2) is 10.2. The molecule has 0 aliphatic heterocycles. The molecule has 6 heteroatoms. The predicted molar refractivity (Wildman–Crippen MR) is 114 cm³/mol. The summed E-state index contributed by atoms with van der Waals surface area (Å²) >= 11 is 0. The van der Waals surface area contributed by atoms with Gasteiger partial charge in [0.25, 0.3) is 0 Å². The number of anilines is 1. The van der Waals surface area contributed by atoms with Gasteiger partial charge in [0.15, 0.2) is 11.9 Å². The molecule has 0 aliphatic carbocycles. The van der Waals surface area contributed by atoms with Crippen LogP contribution in [0.3, 0.4) is 0 Å². The van der Waals surface area contributed by atoms with Crippen LogP contribution < -0.4 is 22.5 Å². The van der Waals surface area contributed by atoms with Gasteiger partial charge in [-0.05, 0) is 42.8 Å². The maximum atomic E-state index is 5.78. The molecule has 0 unspecified atom stereocenters. The molecule has 3 rings (SSSR count). The first-order valence-corrected chi connectivity index (χ1v) is 8.41. The molecule has 0 bridgehead atoms. The molecule has 0 aromatic heterocycles. The Hall–Kier alpha value is -3.80. The van der Waals surface area contributed by atoms with Crippen molar-refractivity contribution in [3.05, 3.63) is 90.5 Å². The molecular formula is C21H24N6. The van der Waals surface area contributed by atoms with E-state index in [1.807, 2.05) is 91.9 Å². The van der Waals surface area contributed by atoms with E-state index in [-0.39, 0.29) is 5.96 Å². The van der Waals surface area contributed by atoms with Crippen molar-refractivity contribution < 1.29 is 0 Å². The zero-order chi connectivity index (χ0) is 19.5. The predicted octanol–water partition coefficient (Wildman–Crippen LogP) is 3.64. The lowest BCUT2D eigenvalue weighted by Crippen LogP contribution is -2.21. The van der Waals surface area contributed by atoms with Crippen LogP contribution in [0.4, 0.5) is 17.1 Å². The summed E-state index contributed by atoms with van der Waals surface area (Å²) in [4.78, 5) is 8.17. The maximum absolute atomic E-state index is 5.78. The van der Waals surface area contributed by atoms with Gasteiger partial charge in [-0.25, -0.2) is 9.98 Å². The number of aryl methyl sites for hydroxylation is 1. The number of para-hydroxylation sites is 3. The molecule has 0 aliphatic rings. The van der Waals surface area contributed by atoms with Gasteiger partial charge in [0.1, 0.15) is 0 Å². The molecule has 3 aromatic carbocycles. The molecule has 0 saturated carbocycles. The highest BCUT2D eigenvalue weighted by atomic mass is 15.1. The molecule has 0 spiro atoms. The summed E-state index contributed by atoms with van der Waals surface area (Å²) in [7, 11) is 0. The Balaban J connectivity index is 0.000000208. The molecule has 7 N–H and O–H groups in total. The third kappa shape index (κ3) is 7.31. The van der Waals surface area contributed by atoms with Crippen LogP contribution in [0.5, 0.6) is 0 Å². The molecule has 0 fully saturated rings. The minimum absolute atomic E-state index is 0.0966. The van der Waals surface area contributed by atoms with Crippen LogP contribution >= 0.6 is 0 Å². The Morgan fingerprint density at radius 3 is 1.85 bits per heavy atom. The number of nitrogens with two attached hydrogens (primary N) is 3. The van der Waals surface area contributed by atoms with Crippen molar-refractivity contribution in [2.24, 2.45) is 27.2 Å². The Bertz CT molecular complexity index is 885. The largest absolute Gasteiger partial charge is 0.370 e. The smallest absolute Gasteiger partial charge is 0.198 e. The lowest BCUT2D eigenvalue weighted by atomic mass is 10.2. The van der Waals surface area contributed by atoms with E-state index in [9.17, 15) is 0 Å². The van der Waals surface area contributed by atoms with E-state index in [1.54, 1.807) is 0 Å². The fraction of sp³-hybridized carbons (Fsp3) is 0.0476. The minimum Gasteiger partial charge on any atom is -0.370 e. The van der Waals surface area contributed by atoms with Crippen LogP contribution in [0.15, 0.2) is 94.9 Å². The summed E-state index contributed by atoms with van der Waals surface area (Å²) in [6, 6.07) is 27.0. The number of aliphatic imine (C=N–C) groups is 2. The standard InChI is InChI=1S/C13H13N3.C8H11N3/c14-13(15-11-7-3-1-4-8-11)16-12-9-5-2-6-10-12;1-6-4-2-3-5-7(6)11-8(9)10/h1-10H,(H3,14,15,16);2-5H,1H3,(H4,9,10,11). The normalized spacial score (nSPS) is 10.3. The molecule has 6 nitrogen and oxygen atoms in total. The Labute approximate surface area is 159 Å². The van der Waals surface area contributed by atoms with Crippen molar-refractivity contribution in [2.75, 3.05) is 5.32 Å². The minimum atomic E-state index is 0.0966. The maximum Gasteiger partial charge on any atom is 0.198 e. The second-order valence-electron chi connectivity index (χ2n) is 5.65. The first-order valence-electron chi connectivity index (χ1n) is 8.41. The van der Waals surface area contributed by atoms with E-state index in [2.05, 4.69) is 15.3 Å². The molecule has 0 atom stereocenters. The molecule has 0 radical (unpaired) electrons. The first kappa shape index (κ1) is 19.5. The Morgan fingerprint density at radius 2 is 1.26 bits per heavy atom. The van der Waals surface area contributed by atoms with E-state index in [4.69, 9.17) is 17.2 Å². The summed E-state index contributed by atoms with van der Waals surface area (Å²) in [5.41, 5.74) is 19.9. The number of guanidine groups is 2. The van der Waals surface area contributed by atoms with Crippen molar-refractivity contribution in [1.29, 1.82) is 0 Å². The molecular weight excluding hydrogens is 336 g/mol. The van der Waals surface area contributed by atoms with Crippen LogP contribution in [-0.4, -0.2) is 11.9 Å². The van der Waals surface area contributed by atoms with Gasteiger partial charge in [-0.3, -0.25) is 0 Å². The number of nitrogens with zero attached hydrogens (tertiary/aromatic N) is 2. The third-order valence-corrected chi connectivity index (χ3v) is 3.42. The summed E-state index contributed by atoms with van der Waals surface area (Å²) in [5.74, 6) is 0.483. The van der Waals surface area contributed by atoms with E-state index in [0.29, 0.717) is 5.96 Å². The van der Waals surface area contributed by atoms with E-state index in [0.717, 1.165) is 22.6 Å². The molecule has 0 heterocycles. The highest BCUT2D eigenvalue weighted by Gasteiger charge is 1.94. The fourth-order valence-corrected chi connectivity index (χ4v) is 2.17. The average Bonchev–Trinajstić information content (AvgIpc) is 2.65. The number of benzene rings is 3. The van der Waals surface area contributed by atoms with Crippen molar-refractivity contribution >= 4 is 29.0 Å². The Morgan fingerprint density at radius 1 is 0.704 bits per heavy atom. The lowest BCUT2D eigenvalue weighted by Gasteiger charge is -2.04. The van der Waals surface area contributed by atoms with Gasteiger partial charge in [-0.2, -0.15) is 0 Å². The van der Waals surface area contributed by atoms with Crippen molar-refractivity contribution in [3.63, 3.8) is 0 Å². The molecule has 138 valence electrons. The van der Waals surface area contributed by atoms with Gasteiger partial charge in [0, 0.05) is 5.69 Å². The highest BCUT2D eigenvalue weighted by Crippen LogP contribution is 2.16. The Kier molecular flexibility index (Phi) is 7.41. The number of rotatable bonds is 3. The van der Waals surface area contributed by atoms with Crippen LogP contribution in [0.25, 0.3) is 0 Å². The third-order valence-electron chi connectivity index (χ3n) is 3.42. The van der Waals surface area contributed by atoms with Crippen LogP contribution in [0.2, 0.25) is 0 Å². The summed E-state index contributed by atoms with van der Waals surface area (Å²) in [6.45, 7) is 1.96. The summed E-state index contributed by atoms with van der Waals surface area (Å²) in [5, 5.41) is 3.02. The van der Waals surface area contributed by atoms with E-state index in [1.165, 1.54) is 0 Å². The fourth-order valence-electron chi connectivity index (χ4n) is 2.17. The summed E-state index contributed by atoms with van der Waals surface area (Å²) < 4.78 is 0. The van der Waals surface area contributed by atoms with Gasteiger partial charge in [-0.1, -0.05) is 54.6 Å². The quantitative estimate of drug-likeness (QED) is 0.421. The zero-order valence-electron chi connectivity index (χ0n) is 15.2. The highest BCUT2D eigenvalue weighted by molar-refractivity contribution is 5.93. The van der Waals surface area contributed by atoms with Gasteiger partial charge in [0.2, 0.25) is 0 Å². The van der Waals surface area contributed by atoms with Crippen LogP contribution in [0.1, 0.15) is 5.56 Å². The number of hydrogen-bond donors (Lipinski definition) is 4. The zero-order valence-corrected chi connectivity index (χ0v) is 15.2. The van der Waals surface area contributed by atoms with E-state index >= 15 is 0 Å². The molecule has 0 amide bonds. The topological polar surface area (TPSA) is 115 Å². The SMILES string of the molecule is Cc1ccccc1N=C(N)N.NC(=Nc1ccccc1)Nc1ccccc1. The monoisotopic (exact) mass is 360 g/mol. The molecule has 27 heavy (non-hydrogen) atoms. The number of nitrogens with one attached hydrogen (secondary N) is 1. The van der Waals surface area contributed by atoms with Crippen molar-refractivity contribution in [3.8, 4) is 0 Å². The first-order chi connectivity index (χ1) is 13.0. The lowest BCUT2D eigenvalue weighted by molar-refractivity contribution is 1.36. The summed E-state index contributed by atoms with van der Waals surface area (Å²) in [6.07, 6.45) is 0. The second-order valence-corrected chi connectivity index (χ2v) is 5.65. The van der Waals surface area contributed by atoms with Gasteiger partial charge in [-0.15, -0.1) is 0 Å². The van der Waals surface area contributed by atoms with Gasteiger partial charge in [0.05, 0.1) is 11.4 Å². The number of hydrogen-bond acceptors (Lipinski definition) is 2. The van der Waals surface area contributed by atoms with Crippen LogP contribution in [-0.2, 0) is 0 Å². The van der Waals surface area contributed by atoms with Gasteiger partial charge < -0.3 is 22.5 Å². The van der Waals surface area contributed by atoms with Crippen molar-refractivity contribution in [2.45, 2.75) is 6.92 Å². The average molecular weight is 360 g/mol. The van der Waals surface area contributed by atoms with E-state index < -0.39 is 0 Å². The molecule has 3 aromatic rings. The van der Waals surface area contributed by atoms with Crippen LogP contribution in [0, 0.1) is 6.92 Å². The van der Waals surface area contributed by atoms with Gasteiger partial charge >= 0.3 is 0 Å².